The molecule has 1 heterocycles. The molecule has 2 rings (SSSR count). The van der Waals surface area contributed by atoms with Gasteiger partial charge in [-0.3, -0.25) is 4.98 Å². The summed E-state index contributed by atoms with van der Waals surface area (Å²) < 4.78 is 39.9. The summed E-state index contributed by atoms with van der Waals surface area (Å²) in [6.07, 6.45) is 1.39. The fourth-order valence-electron chi connectivity index (χ4n) is 1.51. The zero-order chi connectivity index (χ0) is 13.3. The highest BCUT2D eigenvalue weighted by atomic mass is 79.9. The van der Waals surface area contributed by atoms with Crippen LogP contribution in [0.1, 0.15) is 17.2 Å². The van der Waals surface area contributed by atoms with Gasteiger partial charge in [0.1, 0.15) is 6.10 Å². The van der Waals surface area contributed by atoms with E-state index in [1.807, 2.05) is 0 Å². The van der Waals surface area contributed by atoms with Crippen LogP contribution in [0.5, 0.6) is 0 Å². The third kappa shape index (κ3) is 2.39. The van der Waals surface area contributed by atoms with Gasteiger partial charge in [0.15, 0.2) is 17.5 Å². The van der Waals surface area contributed by atoms with Crippen molar-refractivity contribution in [3.05, 3.63) is 63.6 Å². The predicted molar refractivity (Wildman–Crippen MR) is 62.3 cm³/mol. The van der Waals surface area contributed by atoms with E-state index in [-0.39, 0.29) is 11.1 Å². The van der Waals surface area contributed by atoms with Gasteiger partial charge >= 0.3 is 0 Å². The first kappa shape index (κ1) is 13.0. The highest BCUT2D eigenvalue weighted by Gasteiger charge is 2.20. The second-order valence-corrected chi connectivity index (χ2v) is 4.52. The summed E-state index contributed by atoms with van der Waals surface area (Å²) in [5.74, 6) is -4.30. The van der Waals surface area contributed by atoms with Gasteiger partial charge in [-0.25, -0.2) is 13.2 Å². The third-order valence-electron chi connectivity index (χ3n) is 2.40. The van der Waals surface area contributed by atoms with Gasteiger partial charge in [-0.05, 0) is 28.1 Å². The van der Waals surface area contributed by atoms with E-state index < -0.39 is 23.6 Å². The first-order valence-electron chi connectivity index (χ1n) is 4.92. The van der Waals surface area contributed by atoms with Crippen LogP contribution in [0.15, 0.2) is 35.1 Å². The highest BCUT2D eigenvalue weighted by molar-refractivity contribution is 9.10. The Bertz CT molecular complexity index is 592. The van der Waals surface area contributed by atoms with Gasteiger partial charge in [-0.1, -0.05) is 6.07 Å². The molecule has 0 saturated heterocycles. The van der Waals surface area contributed by atoms with Gasteiger partial charge in [-0.15, -0.1) is 0 Å². The zero-order valence-corrected chi connectivity index (χ0v) is 10.5. The van der Waals surface area contributed by atoms with E-state index in [1.54, 1.807) is 0 Å². The predicted octanol–water partition coefficient (Wildman–Crippen LogP) is 3.34. The van der Waals surface area contributed by atoms with Gasteiger partial charge in [-0.2, -0.15) is 0 Å². The minimum absolute atomic E-state index is 0.272. The monoisotopic (exact) mass is 317 g/mol. The summed E-state index contributed by atoms with van der Waals surface area (Å²) in [6.45, 7) is 0. The molecule has 1 aromatic heterocycles. The van der Waals surface area contributed by atoms with Crippen molar-refractivity contribution in [2.75, 3.05) is 0 Å². The molecular weight excluding hydrogens is 311 g/mol. The van der Waals surface area contributed by atoms with Crippen LogP contribution in [0.25, 0.3) is 0 Å². The number of aliphatic hydroxyl groups is 1. The quantitative estimate of drug-likeness (QED) is 0.862. The number of hydrogen-bond acceptors (Lipinski definition) is 2. The van der Waals surface area contributed by atoms with E-state index in [0.29, 0.717) is 4.47 Å². The fraction of sp³-hybridized carbons (Fsp3) is 0.0833. The van der Waals surface area contributed by atoms with Crippen molar-refractivity contribution in [1.29, 1.82) is 0 Å². The number of halogens is 4. The molecule has 0 aliphatic carbocycles. The third-order valence-corrected chi connectivity index (χ3v) is 2.84. The summed E-state index contributed by atoms with van der Waals surface area (Å²) >= 11 is 3.15. The second-order valence-electron chi connectivity index (χ2n) is 3.60. The largest absolute Gasteiger partial charge is 0.383 e. The molecule has 0 radical (unpaired) electrons. The molecule has 0 amide bonds. The van der Waals surface area contributed by atoms with Crippen LogP contribution in [-0.4, -0.2) is 10.1 Å². The highest BCUT2D eigenvalue weighted by Crippen LogP contribution is 2.27. The molecule has 0 fully saturated rings. The summed E-state index contributed by atoms with van der Waals surface area (Å²) in [6, 6.07) is 3.28. The lowest BCUT2D eigenvalue weighted by atomic mass is 10.0. The van der Waals surface area contributed by atoms with Crippen molar-refractivity contribution in [2.45, 2.75) is 6.10 Å². The first-order valence-corrected chi connectivity index (χ1v) is 5.72. The molecule has 1 aromatic carbocycles. The number of nitrogens with zero attached hydrogens (tertiary/aromatic N) is 1. The van der Waals surface area contributed by atoms with Crippen LogP contribution >= 0.6 is 15.9 Å². The van der Waals surface area contributed by atoms with Crippen molar-refractivity contribution in [1.82, 2.24) is 4.98 Å². The fourth-order valence-corrected chi connectivity index (χ4v) is 1.89. The number of pyridine rings is 1. The van der Waals surface area contributed by atoms with Crippen LogP contribution in [0.2, 0.25) is 0 Å². The molecule has 0 bridgehead atoms. The minimum Gasteiger partial charge on any atom is -0.383 e. The molecule has 18 heavy (non-hydrogen) atoms. The number of hydrogen-bond donors (Lipinski definition) is 1. The standard InChI is InChI=1S/C12H7BrF3NO/c13-7-3-6(4-17-5-7)12(18)8-1-2-9(14)11(16)10(8)15/h1-5,12,18H. The van der Waals surface area contributed by atoms with E-state index in [9.17, 15) is 18.3 Å². The van der Waals surface area contributed by atoms with E-state index in [0.717, 1.165) is 12.1 Å². The number of rotatable bonds is 2. The Morgan fingerprint density at radius 1 is 1.11 bits per heavy atom. The van der Waals surface area contributed by atoms with Crippen LogP contribution < -0.4 is 0 Å². The van der Waals surface area contributed by atoms with Crippen molar-refractivity contribution in [3.8, 4) is 0 Å². The Balaban J connectivity index is 2.46. The molecule has 1 N–H and O–H groups in total. The molecule has 0 spiro atoms. The lowest BCUT2D eigenvalue weighted by Gasteiger charge is -2.12. The Labute approximate surface area is 109 Å². The van der Waals surface area contributed by atoms with Gasteiger partial charge in [0, 0.05) is 28.0 Å². The van der Waals surface area contributed by atoms with Gasteiger partial charge in [0.05, 0.1) is 0 Å². The maximum Gasteiger partial charge on any atom is 0.194 e. The van der Waals surface area contributed by atoms with Crippen LogP contribution in [0.4, 0.5) is 13.2 Å². The number of aromatic nitrogens is 1. The van der Waals surface area contributed by atoms with Gasteiger partial charge in [0.2, 0.25) is 0 Å². The van der Waals surface area contributed by atoms with E-state index in [2.05, 4.69) is 20.9 Å². The molecule has 2 aromatic rings. The topological polar surface area (TPSA) is 33.1 Å². The van der Waals surface area contributed by atoms with Crippen LogP contribution in [-0.2, 0) is 0 Å². The molecule has 0 saturated carbocycles. The maximum atomic E-state index is 13.5. The molecule has 1 atom stereocenters. The number of aliphatic hydroxyl groups excluding tert-OH is 1. The Hall–Kier alpha value is -1.40. The lowest BCUT2D eigenvalue weighted by molar-refractivity contribution is 0.212. The summed E-state index contributed by atoms with van der Waals surface area (Å²) in [7, 11) is 0. The lowest BCUT2D eigenvalue weighted by Crippen LogP contribution is -2.06. The smallest absolute Gasteiger partial charge is 0.194 e. The SMILES string of the molecule is OC(c1cncc(Br)c1)c1ccc(F)c(F)c1F. The first-order chi connectivity index (χ1) is 8.50. The molecular formula is C12H7BrF3NO. The molecule has 0 aliphatic rings. The molecule has 6 heteroatoms. The second kappa shape index (κ2) is 5.07. The summed E-state index contributed by atoms with van der Waals surface area (Å²) in [5.41, 5.74) is -0.0666. The van der Waals surface area contributed by atoms with Gasteiger partial charge in [0.25, 0.3) is 0 Å². The average Bonchev–Trinajstić information content (AvgIpc) is 2.35. The van der Waals surface area contributed by atoms with Crippen molar-refractivity contribution in [3.63, 3.8) is 0 Å². The van der Waals surface area contributed by atoms with Gasteiger partial charge < -0.3 is 5.11 Å². The molecule has 2 nitrogen and oxygen atoms in total. The number of benzene rings is 1. The van der Waals surface area contributed by atoms with Crippen molar-refractivity contribution in [2.24, 2.45) is 0 Å². The zero-order valence-electron chi connectivity index (χ0n) is 8.87. The summed E-state index contributed by atoms with van der Waals surface area (Å²) in [5, 5.41) is 9.92. The molecule has 1 unspecified atom stereocenters. The van der Waals surface area contributed by atoms with E-state index >= 15 is 0 Å². The normalized spacial score (nSPS) is 12.5. The minimum atomic E-state index is -1.60. The van der Waals surface area contributed by atoms with Crippen LogP contribution in [0, 0.1) is 17.5 Å². The maximum absolute atomic E-state index is 13.5. The van der Waals surface area contributed by atoms with E-state index in [1.165, 1.54) is 18.5 Å². The molecule has 94 valence electrons. The molecule has 0 aliphatic heterocycles. The average molecular weight is 318 g/mol. The van der Waals surface area contributed by atoms with Crippen molar-refractivity contribution >= 4 is 15.9 Å². The Kier molecular flexibility index (Phi) is 3.68. The Morgan fingerprint density at radius 2 is 1.83 bits per heavy atom. The van der Waals surface area contributed by atoms with Crippen molar-refractivity contribution < 1.29 is 18.3 Å². The Morgan fingerprint density at radius 3 is 2.50 bits per heavy atom. The van der Waals surface area contributed by atoms with Crippen LogP contribution in [0.3, 0.4) is 0 Å². The summed E-state index contributed by atoms with van der Waals surface area (Å²) in [4.78, 5) is 3.80. The van der Waals surface area contributed by atoms with E-state index in [4.69, 9.17) is 0 Å².